The summed E-state index contributed by atoms with van der Waals surface area (Å²) in [5.74, 6) is 0. The molecule has 2 fully saturated rings. The van der Waals surface area contributed by atoms with Crippen LogP contribution < -0.4 is 0 Å². The Balaban J connectivity index is 2.15. The van der Waals surface area contributed by atoms with Gasteiger partial charge < -0.3 is 15.3 Å². The lowest BCUT2D eigenvalue weighted by atomic mass is 10.1. The van der Waals surface area contributed by atoms with Crippen LogP contribution in [0.5, 0.6) is 0 Å². The molecule has 0 amide bonds. The number of fused-ring (bicyclic) bond motifs is 1. The van der Waals surface area contributed by atoms with Gasteiger partial charge in [0.25, 0.3) is 0 Å². The lowest BCUT2D eigenvalue weighted by molar-refractivity contribution is 0.0154. The summed E-state index contributed by atoms with van der Waals surface area (Å²) in [7, 11) is 0. The van der Waals surface area contributed by atoms with Crippen molar-refractivity contribution >= 4 is 0 Å². The van der Waals surface area contributed by atoms with Gasteiger partial charge in [0.1, 0.15) is 0 Å². The summed E-state index contributed by atoms with van der Waals surface area (Å²) >= 11 is 0. The Kier molecular flexibility index (Phi) is 2.08. The molecule has 0 bridgehead atoms. The van der Waals surface area contributed by atoms with E-state index >= 15 is 0 Å². The highest BCUT2D eigenvalue weighted by Gasteiger charge is 2.48. The monoisotopic (exact) mass is 173 g/mol. The van der Waals surface area contributed by atoms with Crippen LogP contribution >= 0.6 is 0 Å². The Hall–Kier alpha value is -0.160. The van der Waals surface area contributed by atoms with E-state index in [1.54, 1.807) is 0 Å². The molecule has 2 aliphatic heterocycles. The summed E-state index contributed by atoms with van der Waals surface area (Å²) < 4.78 is 0. The summed E-state index contributed by atoms with van der Waals surface area (Å²) in [5, 5.41) is 28.1. The van der Waals surface area contributed by atoms with Crippen LogP contribution in [0.1, 0.15) is 12.8 Å². The molecule has 0 aromatic rings. The molecule has 12 heavy (non-hydrogen) atoms. The first-order valence-corrected chi connectivity index (χ1v) is 4.48. The van der Waals surface area contributed by atoms with Crippen LogP contribution in [0.15, 0.2) is 0 Å². The smallest absolute Gasteiger partial charge is 0.0991 e. The van der Waals surface area contributed by atoms with E-state index in [4.69, 9.17) is 5.11 Å². The van der Waals surface area contributed by atoms with Crippen molar-refractivity contribution in [2.75, 3.05) is 13.2 Å². The van der Waals surface area contributed by atoms with Crippen molar-refractivity contribution in [3.63, 3.8) is 0 Å². The van der Waals surface area contributed by atoms with E-state index in [0.717, 1.165) is 19.4 Å². The molecule has 2 aliphatic rings. The van der Waals surface area contributed by atoms with Gasteiger partial charge in [-0.15, -0.1) is 0 Å². The van der Waals surface area contributed by atoms with Gasteiger partial charge in [0.05, 0.1) is 24.9 Å². The fraction of sp³-hybridized carbons (Fsp3) is 1.00. The van der Waals surface area contributed by atoms with E-state index in [0.29, 0.717) is 0 Å². The van der Waals surface area contributed by atoms with Crippen LogP contribution in [0.3, 0.4) is 0 Å². The fourth-order valence-electron chi connectivity index (χ4n) is 2.46. The van der Waals surface area contributed by atoms with Crippen molar-refractivity contribution in [2.45, 2.75) is 37.1 Å². The lowest BCUT2D eigenvalue weighted by Crippen LogP contribution is -2.38. The first-order chi connectivity index (χ1) is 5.75. The molecule has 0 spiro atoms. The van der Waals surface area contributed by atoms with E-state index in [9.17, 15) is 10.2 Å². The Bertz CT molecular complexity index is 174. The number of nitrogens with zero attached hydrogens (tertiary/aromatic N) is 1. The maximum Gasteiger partial charge on any atom is 0.0991 e. The van der Waals surface area contributed by atoms with Crippen LogP contribution in [0.2, 0.25) is 0 Å². The fourth-order valence-corrected chi connectivity index (χ4v) is 2.46. The zero-order valence-corrected chi connectivity index (χ0v) is 6.93. The van der Waals surface area contributed by atoms with Gasteiger partial charge in [-0.25, -0.2) is 0 Å². The van der Waals surface area contributed by atoms with Gasteiger partial charge in [-0.05, 0) is 19.4 Å². The lowest BCUT2D eigenvalue weighted by Gasteiger charge is -2.21. The molecule has 4 heteroatoms. The Morgan fingerprint density at radius 3 is 2.67 bits per heavy atom. The minimum absolute atomic E-state index is 0.0608. The molecule has 0 unspecified atom stereocenters. The second-order valence-corrected chi connectivity index (χ2v) is 3.68. The molecule has 0 aromatic carbocycles. The summed E-state index contributed by atoms with van der Waals surface area (Å²) in [6.07, 6.45) is 0.574. The highest BCUT2D eigenvalue weighted by atomic mass is 16.3. The molecular weight excluding hydrogens is 158 g/mol. The standard InChI is InChI=1S/C8H15NO3/c10-4-6-8(12)7(11)5-2-1-3-9(5)6/h5-8,10-12H,1-4H2/t5-,6-,7-,8+/m0/s1. The van der Waals surface area contributed by atoms with Crippen LogP contribution in [0, 0.1) is 0 Å². The molecule has 0 aliphatic carbocycles. The molecule has 4 atom stereocenters. The van der Waals surface area contributed by atoms with Crippen molar-refractivity contribution in [1.82, 2.24) is 4.90 Å². The van der Waals surface area contributed by atoms with Gasteiger partial charge in [0.2, 0.25) is 0 Å². The molecule has 2 rings (SSSR count). The van der Waals surface area contributed by atoms with Crippen molar-refractivity contribution in [3.8, 4) is 0 Å². The minimum atomic E-state index is -0.764. The number of aliphatic hydroxyl groups is 3. The molecule has 0 aromatic heterocycles. The molecule has 4 nitrogen and oxygen atoms in total. The van der Waals surface area contributed by atoms with Gasteiger partial charge in [0, 0.05) is 6.04 Å². The molecule has 2 saturated heterocycles. The van der Waals surface area contributed by atoms with Crippen molar-refractivity contribution in [3.05, 3.63) is 0 Å². The Morgan fingerprint density at radius 1 is 1.25 bits per heavy atom. The largest absolute Gasteiger partial charge is 0.395 e. The van der Waals surface area contributed by atoms with Crippen LogP contribution in [0.25, 0.3) is 0 Å². The van der Waals surface area contributed by atoms with Crippen molar-refractivity contribution < 1.29 is 15.3 Å². The molecule has 0 radical (unpaired) electrons. The van der Waals surface area contributed by atoms with Crippen molar-refractivity contribution in [2.24, 2.45) is 0 Å². The van der Waals surface area contributed by atoms with Gasteiger partial charge in [-0.1, -0.05) is 0 Å². The topological polar surface area (TPSA) is 63.9 Å². The number of aliphatic hydroxyl groups excluding tert-OH is 3. The average Bonchev–Trinajstić information content (AvgIpc) is 2.59. The quantitative estimate of drug-likeness (QED) is 0.454. The van der Waals surface area contributed by atoms with E-state index in [1.165, 1.54) is 0 Å². The SMILES string of the molecule is OC[C@H]1[C@@H](O)[C@@H](O)[C@@H]2CCCN21. The molecule has 0 saturated carbocycles. The molecule has 2 heterocycles. The van der Waals surface area contributed by atoms with Crippen LogP contribution in [-0.4, -0.2) is 57.7 Å². The van der Waals surface area contributed by atoms with E-state index < -0.39 is 12.2 Å². The molecule has 70 valence electrons. The van der Waals surface area contributed by atoms with Gasteiger partial charge in [-0.2, -0.15) is 0 Å². The number of hydrogen-bond acceptors (Lipinski definition) is 4. The number of hydrogen-bond donors (Lipinski definition) is 3. The van der Waals surface area contributed by atoms with Crippen LogP contribution in [0.4, 0.5) is 0 Å². The Labute approximate surface area is 71.4 Å². The van der Waals surface area contributed by atoms with Crippen LogP contribution in [-0.2, 0) is 0 Å². The first kappa shape index (κ1) is 8.44. The predicted molar refractivity (Wildman–Crippen MR) is 42.6 cm³/mol. The predicted octanol–water partition coefficient (Wildman–Crippen LogP) is -1.45. The minimum Gasteiger partial charge on any atom is -0.395 e. The highest BCUT2D eigenvalue weighted by molar-refractivity contribution is 5.03. The van der Waals surface area contributed by atoms with Gasteiger partial charge in [0.15, 0.2) is 0 Å². The maximum atomic E-state index is 9.57. The number of rotatable bonds is 1. The Morgan fingerprint density at radius 2 is 2.00 bits per heavy atom. The summed E-state index contributed by atoms with van der Waals surface area (Å²) in [4.78, 5) is 2.02. The third-order valence-corrected chi connectivity index (χ3v) is 3.09. The van der Waals surface area contributed by atoms with E-state index in [-0.39, 0.29) is 18.7 Å². The average molecular weight is 173 g/mol. The maximum absolute atomic E-state index is 9.57. The second-order valence-electron chi connectivity index (χ2n) is 3.68. The third kappa shape index (κ3) is 0.992. The summed E-state index contributed by atoms with van der Waals surface area (Å²) in [6.45, 7) is 0.832. The van der Waals surface area contributed by atoms with E-state index in [1.807, 2.05) is 4.90 Å². The van der Waals surface area contributed by atoms with Gasteiger partial charge >= 0.3 is 0 Å². The highest BCUT2D eigenvalue weighted by Crippen LogP contribution is 2.32. The molecular formula is C8H15NO3. The van der Waals surface area contributed by atoms with E-state index in [2.05, 4.69) is 0 Å². The summed E-state index contributed by atoms with van der Waals surface area (Å²) in [5.41, 5.74) is 0. The zero-order chi connectivity index (χ0) is 8.72. The van der Waals surface area contributed by atoms with Gasteiger partial charge in [-0.3, -0.25) is 4.90 Å². The normalized spacial score (nSPS) is 48.2. The molecule has 3 N–H and O–H groups in total. The third-order valence-electron chi connectivity index (χ3n) is 3.09. The summed E-state index contributed by atoms with van der Waals surface area (Å²) in [6, 6.07) is -0.162. The van der Waals surface area contributed by atoms with Crippen molar-refractivity contribution in [1.29, 1.82) is 0 Å². The zero-order valence-electron chi connectivity index (χ0n) is 6.93. The second kappa shape index (κ2) is 2.96. The first-order valence-electron chi connectivity index (χ1n) is 4.48.